The maximum atomic E-state index is 8.48. The second-order valence-electron chi connectivity index (χ2n) is 4.43. The normalized spacial score (nSPS) is 11.1. The van der Waals surface area contributed by atoms with Crippen molar-refractivity contribution in [2.24, 2.45) is 0 Å². The van der Waals surface area contributed by atoms with E-state index in [2.05, 4.69) is 36.6 Å². The van der Waals surface area contributed by atoms with Crippen LogP contribution in [0.2, 0.25) is 0 Å². The molecule has 0 saturated heterocycles. The van der Waals surface area contributed by atoms with Gasteiger partial charge in [-0.25, -0.2) is 0 Å². The molecule has 0 unspecified atom stereocenters. The van der Waals surface area contributed by atoms with Crippen LogP contribution in [0.3, 0.4) is 0 Å². The van der Waals surface area contributed by atoms with E-state index in [1.807, 2.05) is 0 Å². The fraction of sp³-hybridized carbons (Fsp3) is 0.929. The van der Waals surface area contributed by atoms with Gasteiger partial charge in [0.1, 0.15) is 0 Å². The summed E-state index contributed by atoms with van der Waals surface area (Å²) in [5, 5.41) is 8.48. The zero-order chi connectivity index (χ0) is 12.9. The molecule has 0 radical (unpaired) electrons. The molecule has 0 saturated carbocycles. The molecule has 0 aromatic carbocycles. The van der Waals surface area contributed by atoms with E-state index in [0.717, 1.165) is 39.0 Å². The van der Waals surface area contributed by atoms with Gasteiger partial charge in [-0.1, -0.05) is 20.8 Å². The Bertz CT molecular complexity index is 194. The van der Waals surface area contributed by atoms with Gasteiger partial charge < -0.3 is 9.80 Å². The van der Waals surface area contributed by atoms with E-state index in [9.17, 15) is 0 Å². The number of hydrogen-bond acceptors (Lipinski definition) is 3. The SMILES string of the molecule is CCN(CC)CCCN(CC)CCCCC#N. The third kappa shape index (κ3) is 9.14. The topological polar surface area (TPSA) is 30.3 Å². The maximum absolute atomic E-state index is 8.48. The van der Waals surface area contributed by atoms with E-state index >= 15 is 0 Å². The molecule has 100 valence electrons. The number of nitriles is 1. The molecule has 17 heavy (non-hydrogen) atoms. The highest BCUT2D eigenvalue weighted by atomic mass is 15.1. The van der Waals surface area contributed by atoms with Crippen LogP contribution < -0.4 is 0 Å². The van der Waals surface area contributed by atoms with Crippen LogP contribution >= 0.6 is 0 Å². The summed E-state index contributed by atoms with van der Waals surface area (Å²) in [4.78, 5) is 4.98. The van der Waals surface area contributed by atoms with Gasteiger partial charge in [-0.3, -0.25) is 0 Å². The molecule has 0 aliphatic heterocycles. The van der Waals surface area contributed by atoms with Gasteiger partial charge in [-0.15, -0.1) is 0 Å². The minimum Gasteiger partial charge on any atom is -0.304 e. The van der Waals surface area contributed by atoms with Gasteiger partial charge in [-0.2, -0.15) is 5.26 Å². The lowest BCUT2D eigenvalue weighted by Crippen LogP contribution is -2.30. The standard InChI is InChI=1S/C14H29N3/c1-4-16(5-2)13-10-14-17(6-3)12-9-7-8-11-15/h4-10,12-14H2,1-3H3. The Morgan fingerprint density at radius 1 is 0.765 bits per heavy atom. The predicted octanol–water partition coefficient (Wildman–Crippen LogP) is 2.73. The van der Waals surface area contributed by atoms with Crippen LogP contribution in [-0.2, 0) is 0 Å². The van der Waals surface area contributed by atoms with Crippen LogP contribution in [-0.4, -0.2) is 49.1 Å². The second kappa shape index (κ2) is 11.9. The van der Waals surface area contributed by atoms with Gasteiger partial charge in [0.05, 0.1) is 6.07 Å². The third-order valence-corrected chi connectivity index (χ3v) is 3.30. The summed E-state index contributed by atoms with van der Waals surface area (Å²) in [5.74, 6) is 0. The fourth-order valence-electron chi connectivity index (χ4n) is 2.03. The molecule has 3 nitrogen and oxygen atoms in total. The summed E-state index contributed by atoms with van der Waals surface area (Å²) < 4.78 is 0. The van der Waals surface area contributed by atoms with Gasteiger partial charge in [0.25, 0.3) is 0 Å². The molecule has 0 aliphatic carbocycles. The first-order valence-corrected chi connectivity index (χ1v) is 7.10. The van der Waals surface area contributed by atoms with Gasteiger partial charge in [0, 0.05) is 6.42 Å². The zero-order valence-electron chi connectivity index (χ0n) is 11.9. The highest BCUT2D eigenvalue weighted by Gasteiger charge is 2.03. The van der Waals surface area contributed by atoms with Crippen molar-refractivity contribution >= 4 is 0 Å². The van der Waals surface area contributed by atoms with Crippen molar-refractivity contribution in [3.63, 3.8) is 0 Å². The van der Waals surface area contributed by atoms with Gasteiger partial charge in [0.15, 0.2) is 0 Å². The Balaban J connectivity index is 3.57. The van der Waals surface area contributed by atoms with Crippen molar-refractivity contribution in [2.75, 3.05) is 39.3 Å². The Labute approximate surface area is 107 Å². The number of unbranched alkanes of at least 4 members (excludes halogenated alkanes) is 2. The van der Waals surface area contributed by atoms with Crippen LogP contribution in [0.1, 0.15) is 46.5 Å². The van der Waals surface area contributed by atoms with Crippen molar-refractivity contribution in [3.8, 4) is 6.07 Å². The molecular weight excluding hydrogens is 210 g/mol. The largest absolute Gasteiger partial charge is 0.304 e. The Morgan fingerprint density at radius 2 is 1.29 bits per heavy atom. The Hall–Kier alpha value is -0.590. The van der Waals surface area contributed by atoms with E-state index in [1.165, 1.54) is 19.5 Å². The summed E-state index contributed by atoms with van der Waals surface area (Å²) in [6.45, 7) is 13.7. The van der Waals surface area contributed by atoms with E-state index in [0.29, 0.717) is 6.42 Å². The first kappa shape index (κ1) is 16.4. The zero-order valence-corrected chi connectivity index (χ0v) is 11.9. The van der Waals surface area contributed by atoms with Crippen molar-refractivity contribution < 1.29 is 0 Å². The lowest BCUT2D eigenvalue weighted by Gasteiger charge is -2.23. The molecule has 0 spiro atoms. The molecule has 0 fully saturated rings. The van der Waals surface area contributed by atoms with Gasteiger partial charge in [-0.05, 0) is 58.5 Å². The van der Waals surface area contributed by atoms with E-state index in [-0.39, 0.29) is 0 Å². The van der Waals surface area contributed by atoms with Crippen molar-refractivity contribution in [1.82, 2.24) is 9.80 Å². The number of hydrogen-bond donors (Lipinski definition) is 0. The molecule has 0 aromatic rings. The second-order valence-corrected chi connectivity index (χ2v) is 4.43. The van der Waals surface area contributed by atoms with Crippen molar-refractivity contribution in [2.45, 2.75) is 46.5 Å². The van der Waals surface area contributed by atoms with Gasteiger partial charge >= 0.3 is 0 Å². The Morgan fingerprint density at radius 3 is 1.82 bits per heavy atom. The van der Waals surface area contributed by atoms with Gasteiger partial charge in [0.2, 0.25) is 0 Å². The molecule has 0 atom stereocenters. The predicted molar refractivity (Wildman–Crippen MR) is 74.0 cm³/mol. The molecule has 3 heteroatoms. The Kier molecular flexibility index (Phi) is 11.5. The number of rotatable bonds is 11. The minimum atomic E-state index is 0.705. The monoisotopic (exact) mass is 239 g/mol. The molecular formula is C14H29N3. The molecule has 0 amide bonds. The van der Waals surface area contributed by atoms with Crippen LogP contribution in [0.15, 0.2) is 0 Å². The summed E-state index contributed by atoms with van der Waals surface area (Å²) in [6, 6.07) is 2.21. The highest BCUT2D eigenvalue weighted by Crippen LogP contribution is 2.00. The van der Waals surface area contributed by atoms with Crippen LogP contribution in [0, 0.1) is 11.3 Å². The number of nitrogens with zero attached hydrogens (tertiary/aromatic N) is 3. The quantitative estimate of drug-likeness (QED) is 0.519. The summed E-state index contributed by atoms with van der Waals surface area (Å²) >= 11 is 0. The molecule has 0 N–H and O–H groups in total. The lowest BCUT2D eigenvalue weighted by molar-refractivity contribution is 0.241. The smallest absolute Gasteiger partial charge is 0.0621 e. The third-order valence-electron chi connectivity index (χ3n) is 3.30. The van der Waals surface area contributed by atoms with E-state index in [1.54, 1.807) is 0 Å². The first-order valence-electron chi connectivity index (χ1n) is 7.10. The van der Waals surface area contributed by atoms with Crippen LogP contribution in [0.5, 0.6) is 0 Å². The van der Waals surface area contributed by atoms with E-state index < -0.39 is 0 Å². The van der Waals surface area contributed by atoms with Crippen LogP contribution in [0.25, 0.3) is 0 Å². The van der Waals surface area contributed by atoms with Crippen LogP contribution in [0.4, 0.5) is 0 Å². The highest BCUT2D eigenvalue weighted by molar-refractivity contribution is 4.69. The summed E-state index contributed by atoms with van der Waals surface area (Å²) in [5.41, 5.74) is 0. The van der Waals surface area contributed by atoms with Crippen molar-refractivity contribution in [1.29, 1.82) is 5.26 Å². The van der Waals surface area contributed by atoms with E-state index in [4.69, 9.17) is 5.26 Å². The molecule has 0 aliphatic rings. The average Bonchev–Trinajstić information content (AvgIpc) is 2.37. The minimum absolute atomic E-state index is 0.705. The van der Waals surface area contributed by atoms with Crippen molar-refractivity contribution in [3.05, 3.63) is 0 Å². The maximum Gasteiger partial charge on any atom is 0.0621 e. The molecule has 0 heterocycles. The fourth-order valence-corrected chi connectivity index (χ4v) is 2.03. The summed E-state index contributed by atoms with van der Waals surface area (Å²) in [7, 11) is 0. The molecule has 0 rings (SSSR count). The lowest BCUT2D eigenvalue weighted by atomic mass is 10.2. The average molecular weight is 239 g/mol. The molecule has 0 aromatic heterocycles. The first-order chi connectivity index (χ1) is 8.28. The summed E-state index contributed by atoms with van der Waals surface area (Å²) in [6.07, 6.45) is 4.17. The molecule has 0 bridgehead atoms.